The molecule has 0 bridgehead atoms. The summed E-state index contributed by atoms with van der Waals surface area (Å²) >= 11 is 0. The van der Waals surface area contributed by atoms with Crippen molar-refractivity contribution in [3.05, 3.63) is 36.2 Å². The summed E-state index contributed by atoms with van der Waals surface area (Å²) < 4.78 is 0. The number of rotatable bonds is 7. The first-order valence-corrected chi connectivity index (χ1v) is 7.11. The molecule has 0 spiro atoms. The highest BCUT2D eigenvalue weighted by Gasteiger charge is 2.19. The number of nitrogens with one attached hydrogen (secondary N) is 2. The molecule has 0 saturated heterocycles. The number of aromatic amines is 1. The first kappa shape index (κ1) is 15.7. The second-order valence-electron chi connectivity index (χ2n) is 4.92. The Balaban J connectivity index is 2.04. The standard InChI is InChI=1S/C15H18N4O3/c1-2-3-4-12(15(21)22)18-14(20)11-7-5-10(6-8-11)13-16-9-17-19-13/h5-9,12H,2-4H2,1H3,(H,18,20)(H,21,22)(H,16,17,19)/t12-/m0/s1. The molecular formula is C15H18N4O3. The number of benzene rings is 1. The van der Waals surface area contributed by atoms with Crippen LogP contribution in [0.2, 0.25) is 0 Å². The molecule has 2 aromatic rings. The molecule has 3 N–H and O–H groups in total. The third kappa shape index (κ3) is 3.91. The number of hydrogen-bond acceptors (Lipinski definition) is 4. The van der Waals surface area contributed by atoms with Crippen LogP contribution in [0.1, 0.15) is 36.5 Å². The van der Waals surface area contributed by atoms with Gasteiger partial charge in [0.05, 0.1) is 0 Å². The van der Waals surface area contributed by atoms with E-state index in [4.69, 9.17) is 5.11 Å². The minimum atomic E-state index is -1.01. The summed E-state index contributed by atoms with van der Waals surface area (Å²) in [4.78, 5) is 27.3. The van der Waals surface area contributed by atoms with E-state index in [2.05, 4.69) is 20.5 Å². The predicted octanol–water partition coefficient (Wildman–Crippen LogP) is 1.84. The topological polar surface area (TPSA) is 108 Å². The zero-order chi connectivity index (χ0) is 15.9. The van der Waals surface area contributed by atoms with Gasteiger partial charge < -0.3 is 10.4 Å². The van der Waals surface area contributed by atoms with E-state index in [1.165, 1.54) is 6.33 Å². The summed E-state index contributed by atoms with van der Waals surface area (Å²) in [6.07, 6.45) is 3.46. The van der Waals surface area contributed by atoms with E-state index in [0.717, 1.165) is 18.4 Å². The van der Waals surface area contributed by atoms with Crippen LogP contribution in [0.5, 0.6) is 0 Å². The Morgan fingerprint density at radius 3 is 2.59 bits per heavy atom. The molecule has 0 aliphatic heterocycles. The highest BCUT2D eigenvalue weighted by atomic mass is 16.4. The predicted molar refractivity (Wildman–Crippen MR) is 80.2 cm³/mol. The van der Waals surface area contributed by atoms with Gasteiger partial charge in [0, 0.05) is 11.1 Å². The Kier molecular flexibility index (Phi) is 5.24. The van der Waals surface area contributed by atoms with Crippen LogP contribution in [0.15, 0.2) is 30.6 Å². The fraction of sp³-hybridized carbons (Fsp3) is 0.333. The van der Waals surface area contributed by atoms with E-state index < -0.39 is 17.9 Å². The van der Waals surface area contributed by atoms with E-state index in [1.54, 1.807) is 24.3 Å². The first-order chi connectivity index (χ1) is 10.6. The molecule has 1 atom stereocenters. The summed E-state index contributed by atoms with van der Waals surface area (Å²) in [5.74, 6) is -0.800. The molecule has 22 heavy (non-hydrogen) atoms. The third-order valence-corrected chi connectivity index (χ3v) is 3.29. The van der Waals surface area contributed by atoms with E-state index in [-0.39, 0.29) is 0 Å². The van der Waals surface area contributed by atoms with Gasteiger partial charge in [-0.05, 0) is 18.6 Å². The van der Waals surface area contributed by atoms with Gasteiger partial charge in [-0.2, -0.15) is 5.10 Å². The molecule has 7 nitrogen and oxygen atoms in total. The van der Waals surface area contributed by atoms with Crippen molar-refractivity contribution >= 4 is 11.9 Å². The number of carboxylic acids is 1. The summed E-state index contributed by atoms with van der Waals surface area (Å²) in [7, 11) is 0. The smallest absolute Gasteiger partial charge is 0.326 e. The fourth-order valence-electron chi connectivity index (χ4n) is 2.03. The molecule has 1 amide bonds. The minimum Gasteiger partial charge on any atom is -0.480 e. The molecule has 0 radical (unpaired) electrons. The van der Waals surface area contributed by atoms with Gasteiger partial charge >= 0.3 is 5.97 Å². The Hall–Kier alpha value is -2.70. The monoisotopic (exact) mass is 302 g/mol. The molecule has 0 fully saturated rings. The summed E-state index contributed by atoms with van der Waals surface area (Å²) in [5, 5.41) is 18.2. The largest absolute Gasteiger partial charge is 0.480 e. The van der Waals surface area contributed by atoms with Crippen molar-refractivity contribution in [3.8, 4) is 11.4 Å². The van der Waals surface area contributed by atoms with Crippen molar-refractivity contribution in [2.24, 2.45) is 0 Å². The maximum Gasteiger partial charge on any atom is 0.326 e. The maximum atomic E-state index is 12.1. The van der Waals surface area contributed by atoms with Crippen LogP contribution in [-0.2, 0) is 4.79 Å². The number of amides is 1. The lowest BCUT2D eigenvalue weighted by Crippen LogP contribution is -2.40. The van der Waals surface area contributed by atoms with Gasteiger partial charge in [0.2, 0.25) is 0 Å². The zero-order valence-corrected chi connectivity index (χ0v) is 12.2. The molecular weight excluding hydrogens is 284 g/mol. The molecule has 1 aromatic heterocycles. The number of carbonyl (C=O) groups is 2. The van der Waals surface area contributed by atoms with Gasteiger partial charge in [0.1, 0.15) is 12.4 Å². The van der Waals surface area contributed by atoms with Gasteiger partial charge in [0.25, 0.3) is 5.91 Å². The lowest BCUT2D eigenvalue weighted by molar-refractivity contribution is -0.139. The lowest BCUT2D eigenvalue weighted by atomic mass is 10.1. The molecule has 1 aromatic carbocycles. The van der Waals surface area contributed by atoms with E-state index in [0.29, 0.717) is 17.8 Å². The van der Waals surface area contributed by atoms with Crippen molar-refractivity contribution in [1.82, 2.24) is 20.5 Å². The number of H-pyrrole nitrogens is 1. The second kappa shape index (κ2) is 7.35. The van der Waals surface area contributed by atoms with Crippen LogP contribution >= 0.6 is 0 Å². The highest BCUT2D eigenvalue weighted by molar-refractivity contribution is 5.96. The van der Waals surface area contributed by atoms with E-state index in [1.807, 2.05) is 6.92 Å². The first-order valence-electron chi connectivity index (χ1n) is 7.11. The number of hydrogen-bond donors (Lipinski definition) is 3. The lowest BCUT2D eigenvalue weighted by Gasteiger charge is -2.14. The van der Waals surface area contributed by atoms with Crippen molar-refractivity contribution in [1.29, 1.82) is 0 Å². The van der Waals surface area contributed by atoms with Gasteiger partial charge in [0.15, 0.2) is 5.82 Å². The molecule has 1 heterocycles. The van der Waals surface area contributed by atoms with Crippen LogP contribution in [0.3, 0.4) is 0 Å². The van der Waals surface area contributed by atoms with Crippen LogP contribution in [-0.4, -0.2) is 38.2 Å². The maximum absolute atomic E-state index is 12.1. The summed E-state index contributed by atoms with van der Waals surface area (Å²) in [6, 6.07) is 5.87. The SMILES string of the molecule is CCCC[C@H](NC(=O)c1ccc(-c2ncn[nH]2)cc1)C(=O)O. The molecule has 0 aliphatic rings. The van der Waals surface area contributed by atoms with Crippen LogP contribution in [0.25, 0.3) is 11.4 Å². The van der Waals surface area contributed by atoms with Gasteiger partial charge in [-0.25, -0.2) is 9.78 Å². The van der Waals surface area contributed by atoms with Gasteiger partial charge in [-0.15, -0.1) is 0 Å². The van der Waals surface area contributed by atoms with Gasteiger partial charge in [-0.3, -0.25) is 9.89 Å². The molecule has 0 unspecified atom stereocenters. The molecule has 0 saturated carbocycles. The van der Waals surface area contributed by atoms with Crippen LogP contribution in [0.4, 0.5) is 0 Å². The Morgan fingerprint density at radius 2 is 2.05 bits per heavy atom. The summed E-state index contributed by atoms with van der Waals surface area (Å²) in [6.45, 7) is 1.98. The van der Waals surface area contributed by atoms with Crippen molar-refractivity contribution in [3.63, 3.8) is 0 Å². The Morgan fingerprint density at radius 1 is 1.32 bits per heavy atom. The summed E-state index contributed by atoms with van der Waals surface area (Å²) in [5.41, 5.74) is 1.21. The number of carbonyl (C=O) groups excluding carboxylic acids is 1. The van der Waals surface area contributed by atoms with Crippen molar-refractivity contribution < 1.29 is 14.7 Å². The van der Waals surface area contributed by atoms with Crippen molar-refractivity contribution in [2.45, 2.75) is 32.2 Å². The molecule has 0 aliphatic carbocycles. The van der Waals surface area contributed by atoms with Crippen molar-refractivity contribution in [2.75, 3.05) is 0 Å². The number of carboxylic acid groups (broad SMARTS) is 1. The van der Waals surface area contributed by atoms with Crippen LogP contribution < -0.4 is 5.32 Å². The fourth-order valence-corrected chi connectivity index (χ4v) is 2.03. The van der Waals surface area contributed by atoms with Crippen LogP contribution in [0, 0.1) is 0 Å². The number of nitrogens with zero attached hydrogens (tertiary/aromatic N) is 2. The minimum absolute atomic E-state index is 0.396. The normalized spacial score (nSPS) is 11.9. The molecule has 2 rings (SSSR count). The van der Waals surface area contributed by atoms with Gasteiger partial charge in [-0.1, -0.05) is 31.9 Å². The molecule has 7 heteroatoms. The highest BCUT2D eigenvalue weighted by Crippen LogP contribution is 2.14. The molecule has 116 valence electrons. The Bertz CT molecular complexity index is 623. The van der Waals surface area contributed by atoms with E-state index in [9.17, 15) is 9.59 Å². The van der Waals surface area contributed by atoms with E-state index >= 15 is 0 Å². The zero-order valence-electron chi connectivity index (χ0n) is 12.2. The average Bonchev–Trinajstić information content (AvgIpc) is 3.05. The number of unbranched alkanes of at least 4 members (excludes halogenated alkanes) is 1. The quantitative estimate of drug-likeness (QED) is 0.723. The second-order valence-corrected chi connectivity index (χ2v) is 4.92. The number of aliphatic carboxylic acids is 1. The average molecular weight is 302 g/mol. The Labute approximate surface area is 127 Å². The third-order valence-electron chi connectivity index (χ3n) is 3.29. The number of aromatic nitrogens is 3.